The van der Waals surface area contributed by atoms with Gasteiger partial charge in [-0.05, 0) is 42.2 Å². The number of amides is 3. The minimum absolute atomic E-state index is 0.125. The predicted octanol–water partition coefficient (Wildman–Crippen LogP) is 3.50. The van der Waals surface area contributed by atoms with Crippen LogP contribution in [0.1, 0.15) is 48.0 Å². The van der Waals surface area contributed by atoms with Crippen molar-refractivity contribution in [2.75, 3.05) is 13.6 Å². The number of aliphatic hydroxyl groups excluding tert-OH is 1. The molecule has 0 saturated carbocycles. The molecule has 0 aliphatic carbocycles. The van der Waals surface area contributed by atoms with Gasteiger partial charge in [0.1, 0.15) is 17.7 Å². The number of likely N-dealkylation sites (N-methyl/N-ethyl adjacent to an activating group) is 1. The van der Waals surface area contributed by atoms with Crippen LogP contribution in [0, 0.1) is 11.6 Å². The first kappa shape index (κ1) is 28.1. The number of nitrogens with zero attached hydrogens (tertiary/aromatic N) is 2. The molecule has 9 heteroatoms. The van der Waals surface area contributed by atoms with Gasteiger partial charge in [-0.25, -0.2) is 8.78 Å². The molecule has 7 nitrogen and oxygen atoms in total. The molecule has 0 bridgehead atoms. The summed E-state index contributed by atoms with van der Waals surface area (Å²) in [5.74, 6) is -5.37. The Morgan fingerprint density at radius 3 is 2.03 bits per heavy atom. The Balaban J connectivity index is 1.85. The third-order valence-corrected chi connectivity index (χ3v) is 7.12. The van der Waals surface area contributed by atoms with Crippen molar-refractivity contribution >= 4 is 17.7 Å². The Hall–Kier alpha value is -3.95. The van der Waals surface area contributed by atoms with Crippen LogP contribution in [0.15, 0.2) is 78.9 Å². The summed E-state index contributed by atoms with van der Waals surface area (Å²) in [6.45, 7) is 1.70. The van der Waals surface area contributed by atoms with Crippen LogP contribution in [0.25, 0.3) is 0 Å². The maximum absolute atomic E-state index is 14.0. The van der Waals surface area contributed by atoms with E-state index in [1.165, 1.54) is 11.8 Å². The van der Waals surface area contributed by atoms with Crippen LogP contribution < -0.4 is 5.73 Å². The summed E-state index contributed by atoms with van der Waals surface area (Å²) < 4.78 is 27.9. The molecule has 0 unspecified atom stereocenters. The highest BCUT2D eigenvalue weighted by atomic mass is 19.1. The van der Waals surface area contributed by atoms with E-state index in [0.717, 1.165) is 17.7 Å². The van der Waals surface area contributed by atoms with E-state index in [1.54, 1.807) is 19.2 Å². The number of aliphatic hydroxyl groups is 1. The molecular formula is C30H31F2N3O4. The summed E-state index contributed by atoms with van der Waals surface area (Å²) in [5.41, 5.74) is 7.25. The van der Waals surface area contributed by atoms with E-state index in [1.807, 2.05) is 48.5 Å². The first-order chi connectivity index (χ1) is 18.6. The molecule has 204 valence electrons. The van der Waals surface area contributed by atoms with Crippen molar-refractivity contribution in [1.29, 1.82) is 0 Å². The van der Waals surface area contributed by atoms with Crippen LogP contribution in [-0.4, -0.2) is 58.3 Å². The second-order valence-electron chi connectivity index (χ2n) is 9.96. The molecule has 39 heavy (non-hydrogen) atoms. The molecule has 3 amide bonds. The van der Waals surface area contributed by atoms with E-state index in [9.17, 15) is 28.3 Å². The van der Waals surface area contributed by atoms with Gasteiger partial charge in [-0.3, -0.25) is 19.3 Å². The molecule has 1 aliphatic rings. The Morgan fingerprint density at radius 1 is 0.949 bits per heavy atom. The standard InChI is InChI=1S/C30H31F2N3O4/c1-18(33)28(37)35(30(39)27(36)21-13-23(31)16-24(32)14-21)26-25(20-11-7-4-8-12-20)15-22(17-34(2)29(26)38)19-9-5-3-6-10-19/h3-14,16,18,22,25-27,36H,15,17,33H2,1-2H3/t18-,22+,25+,26-,27+/m0/s1. The van der Waals surface area contributed by atoms with E-state index >= 15 is 0 Å². The maximum atomic E-state index is 14.0. The van der Waals surface area contributed by atoms with Gasteiger partial charge in [0.2, 0.25) is 11.8 Å². The molecule has 0 spiro atoms. The molecule has 1 aliphatic heterocycles. The number of hydrogen-bond acceptors (Lipinski definition) is 5. The predicted molar refractivity (Wildman–Crippen MR) is 141 cm³/mol. The van der Waals surface area contributed by atoms with E-state index in [0.29, 0.717) is 29.5 Å². The molecule has 3 aromatic carbocycles. The topological polar surface area (TPSA) is 104 Å². The van der Waals surface area contributed by atoms with Gasteiger partial charge in [0.25, 0.3) is 5.91 Å². The van der Waals surface area contributed by atoms with E-state index in [2.05, 4.69) is 0 Å². The molecular weight excluding hydrogens is 504 g/mol. The van der Waals surface area contributed by atoms with Crippen molar-refractivity contribution in [3.63, 3.8) is 0 Å². The summed E-state index contributed by atoms with van der Waals surface area (Å²) in [7, 11) is 1.59. The van der Waals surface area contributed by atoms with E-state index < -0.39 is 53.5 Å². The van der Waals surface area contributed by atoms with Gasteiger partial charge < -0.3 is 15.7 Å². The summed E-state index contributed by atoms with van der Waals surface area (Å²) in [5, 5.41) is 10.9. The van der Waals surface area contributed by atoms with Crippen LogP contribution in [0.4, 0.5) is 8.78 Å². The van der Waals surface area contributed by atoms with Crippen LogP contribution in [0.3, 0.4) is 0 Å². The third kappa shape index (κ3) is 6.05. The van der Waals surface area contributed by atoms with Crippen molar-refractivity contribution in [3.8, 4) is 0 Å². The van der Waals surface area contributed by atoms with Crippen molar-refractivity contribution in [1.82, 2.24) is 9.80 Å². The minimum atomic E-state index is -2.11. The van der Waals surface area contributed by atoms with Crippen molar-refractivity contribution in [2.24, 2.45) is 5.73 Å². The fourth-order valence-electron chi connectivity index (χ4n) is 5.21. The fourth-order valence-corrected chi connectivity index (χ4v) is 5.21. The molecule has 1 saturated heterocycles. The number of nitrogens with two attached hydrogens (primary N) is 1. The fraction of sp³-hybridized carbons (Fsp3) is 0.300. The van der Waals surface area contributed by atoms with Gasteiger partial charge in [0.15, 0.2) is 6.10 Å². The van der Waals surface area contributed by atoms with Crippen LogP contribution >= 0.6 is 0 Å². The van der Waals surface area contributed by atoms with Crippen molar-refractivity contribution in [3.05, 3.63) is 107 Å². The highest BCUT2D eigenvalue weighted by Gasteiger charge is 2.47. The lowest BCUT2D eigenvalue weighted by atomic mass is 9.81. The summed E-state index contributed by atoms with van der Waals surface area (Å²) in [6, 6.07) is 18.3. The molecule has 3 N–H and O–H groups in total. The number of likely N-dealkylation sites (tertiary alicyclic amines) is 1. The van der Waals surface area contributed by atoms with Crippen LogP contribution in [-0.2, 0) is 14.4 Å². The zero-order valence-electron chi connectivity index (χ0n) is 21.7. The summed E-state index contributed by atoms with van der Waals surface area (Å²) in [6.07, 6.45) is -1.71. The summed E-state index contributed by atoms with van der Waals surface area (Å²) >= 11 is 0. The largest absolute Gasteiger partial charge is 0.378 e. The second kappa shape index (κ2) is 11.8. The lowest BCUT2D eigenvalue weighted by Crippen LogP contribution is -2.58. The molecule has 5 atom stereocenters. The lowest BCUT2D eigenvalue weighted by molar-refractivity contribution is -0.160. The smallest absolute Gasteiger partial charge is 0.263 e. The highest BCUT2D eigenvalue weighted by molar-refractivity contribution is 6.04. The SMILES string of the molecule is C[C@H](N)C(=O)N(C(=O)[C@H](O)c1cc(F)cc(F)c1)[C@@H]1C(=O)N(C)C[C@H](c2ccccc2)C[C@@H]1c1ccccc1. The zero-order valence-corrected chi connectivity index (χ0v) is 21.7. The number of carbonyl (C=O) groups excluding carboxylic acids is 3. The molecule has 1 heterocycles. The van der Waals surface area contributed by atoms with Crippen molar-refractivity contribution in [2.45, 2.75) is 43.4 Å². The number of benzene rings is 3. The summed E-state index contributed by atoms with van der Waals surface area (Å²) in [4.78, 5) is 43.4. The first-order valence-corrected chi connectivity index (χ1v) is 12.7. The van der Waals surface area contributed by atoms with Crippen molar-refractivity contribution < 1.29 is 28.3 Å². The quantitative estimate of drug-likeness (QED) is 0.503. The van der Waals surface area contributed by atoms with Gasteiger partial charge in [0.05, 0.1) is 6.04 Å². The number of hydrogen-bond donors (Lipinski definition) is 2. The van der Waals surface area contributed by atoms with E-state index in [-0.39, 0.29) is 11.5 Å². The molecule has 0 aromatic heterocycles. The van der Waals surface area contributed by atoms with E-state index in [4.69, 9.17) is 5.73 Å². The van der Waals surface area contributed by atoms with Crippen LogP contribution in [0.5, 0.6) is 0 Å². The molecule has 1 fully saturated rings. The van der Waals surface area contributed by atoms with Gasteiger partial charge in [-0.15, -0.1) is 0 Å². The molecule has 3 aromatic rings. The maximum Gasteiger partial charge on any atom is 0.263 e. The van der Waals surface area contributed by atoms with Crippen LogP contribution in [0.2, 0.25) is 0 Å². The highest BCUT2D eigenvalue weighted by Crippen LogP contribution is 2.39. The average Bonchev–Trinajstić information content (AvgIpc) is 3.05. The Labute approximate surface area is 225 Å². The van der Waals surface area contributed by atoms with Gasteiger partial charge in [-0.2, -0.15) is 0 Å². The number of halogens is 2. The lowest BCUT2D eigenvalue weighted by Gasteiger charge is -2.37. The monoisotopic (exact) mass is 535 g/mol. The normalized spacial score (nSPS) is 21.1. The Bertz CT molecular complexity index is 1320. The number of carbonyl (C=O) groups is 3. The first-order valence-electron chi connectivity index (χ1n) is 12.7. The van der Waals surface area contributed by atoms with Gasteiger partial charge in [-0.1, -0.05) is 60.7 Å². The average molecular weight is 536 g/mol. The van der Waals surface area contributed by atoms with Gasteiger partial charge in [0, 0.05) is 31.5 Å². The number of imide groups is 1. The third-order valence-electron chi connectivity index (χ3n) is 7.12. The minimum Gasteiger partial charge on any atom is -0.378 e. The Kier molecular flexibility index (Phi) is 8.52. The molecule has 0 radical (unpaired) electrons. The van der Waals surface area contributed by atoms with Gasteiger partial charge >= 0.3 is 0 Å². The zero-order chi connectivity index (χ0) is 28.3. The number of rotatable bonds is 6. The Morgan fingerprint density at radius 2 is 1.49 bits per heavy atom. The molecule has 4 rings (SSSR count). The second-order valence-corrected chi connectivity index (χ2v) is 9.96.